The SMILES string of the molecule is F.N.[AlH3].[LiH]. The van der Waals surface area contributed by atoms with Crippen molar-refractivity contribution in [2.24, 2.45) is 0 Å². The molecular formula is H8AlFLiN. The molecule has 0 amide bonds. The van der Waals surface area contributed by atoms with Crippen molar-refractivity contribution >= 4 is 36.2 Å². The predicted molar refractivity (Wildman–Crippen MR) is 24.6 cm³/mol. The molecule has 0 aromatic carbocycles. The van der Waals surface area contributed by atoms with Crippen LogP contribution in [0.15, 0.2) is 0 Å². The van der Waals surface area contributed by atoms with E-state index in [-0.39, 0.29) is 47.1 Å². The van der Waals surface area contributed by atoms with Gasteiger partial charge in [-0.05, 0) is 0 Å². The first kappa shape index (κ1) is 78.0. The molecular weight excluding hydrogens is 66.9 g/mol. The van der Waals surface area contributed by atoms with Crippen molar-refractivity contribution in [2.45, 2.75) is 0 Å². The molecule has 0 rings (SSSR count). The number of hydrogen-bond donors (Lipinski definition) is 1. The molecule has 0 fully saturated rings. The van der Waals surface area contributed by atoms with Crippen LogP contribution in [-0.2, 0) is 0 Å². The Balaban J connectivity index is 0. The van der Waals surface area contributed by atoms with E-state index in [0.29, 0.717) is 0 Å². The molecule has 24 valence electrons. The molecule has 0 aliphatic carbocycles. The zero-order valence-electron chi connectivity index (χ0n) is 1.12. The molecule has 0 radical (unpaired) electrons. The molecule has 0 unspecified atom stereocenters. The Morgan fingerprint density at radius 2 is 1.00 bits per heavy atom. The van der Waals surface area contributed by atoms with Crippen LogP contribution in [0.5, 0.6) is 0 Å². The van der Waals surface area contributed by atoms with E-state index in [9.17, 15) is 0 Å². The third kappa shape index (κ3) is 11.8. The Hall–Kier alpha value is 1.02. The molecule has 0 saturated carbocycles. The average Bonchev–Trinajstić information content (AvgIpc) is 0. The molecule has 0 aromatic heterocycles. The van der Waals surface area contributed by atoms with Crippen LogP contribution in [-0.4, -0.2) is 36.2 Å². The fourth-order valence-electron chi connectivity index (χ4n) is 0. The van der Waals surface area contributed by atoms with E-state index >= 15 is 0 Å². The average molecular weight is 75.0 g/mol. The Labute approximate surface area is 47.4 Å². The van der Waals surface area contributed by atoms with Gasteiger partial charge in [0.15, 0.2) is 17.4 Å². The summed E-state index contributed by atoms with van der Waals surface area (Å²) in [5.74, 6) is 0. The van der Waals surface area contributed by atoms with Crippen LogP contribution < -0.4 is 6.15 Å². The third-order valence-corrected chi connectivity index (χ3v) is 0. The summed E-state index contributed by atoms with van der Waals surface area (Å²) in [5, 5.41) is 0. The summed E-state index contributed by atoms with van der Waals surface area (Å²) >= 11 is 0. The van der Waals surface area contributed by atoms with Crippen molar-refractivity contribution in [3.63, 3.8) is 0 Å². The van der Waals surface area contributed by atoms with E-state index in [1.807, 2.05) is 0 Å². The Kier molecular flexibility index (Phi) is 687. The first-order chi connectivity index (χ1) is 0. The maximum absolute atomic E-state index is 0. The van der Waals surface area contributed by atoms with Crippen LogP contribution in [0, 0.1) is 0 Å². The number of hydrogen-bond acceptors (Lipinski definition) is 1. The van der Waals surface area contributed by atoms with Crippen LogP contribution >= 0.6 is 0 Å². The van der Waals surface area contributed by atoms with E-state index in [4.69, 9.17) is 0 Å². The maximum atomic E-state index is 0. The predicted octanol–water partition coefficient (Wildman–Crippen LogP) is -1.52. The molecule has 0 aliphatic heterocycles. The zero-order chi connectivity index (χ0) is 0. The molecule has 0 aromatic rings. The van der Waals surface area contributed by atoms with Gasteiger partial charge in [0.1, 0.15) is 0 Å². The summed E-state index contributed by atoms with van der Waals surface area (Å²) < 4.78 is 0. The molecule has 4 heteroatoms. The van der Waals surface area contributed by atoms with Crippen molar-refractivity contribution in [3.8, 4) is 0 Å². The van der Waals surface area contributed by atoms with Gasteiger partial charge < -0.3 is 6.15 Å². The van der Waals surface area contributed by atoms with Gasteiger partial charge in [0, 0.05) is 0 Å². The second-order valence-corrected chi connectivity index (χ2v) is 0. The van der Waals surface area contributed by atoms with E-state index < -0.39 is 0 Å². The topological polar surface area (TPSA) is 35.0 Å². The second-order valence-electron chi connectivity index (χ2n) is 0. The summed E-state index contributed by atoms with van der Waals surface area (Å²) in [6.45, 7) is 0. The van der Waals surface area contributed by atoms with Crippen molar-refractivity contribution in [2.75, 3.05) is 0 Å². The van der Waals surface area contributed by atoms with Gasteiger partial charge in [-0.15, -0.1) is 0 Å². The third-order valence-electron chi connectivity index (χ3n) is 0. The monoisotopic (exact) mass is 75.1 g/mol. The molecule has 0 spiro atoms. The Morgan fingerprint density at radius 3 is 1.00 bits per heavy atom. The van der Waals surface area contributed by atoms with Crippen molar-refractivity contribution < 1.29 is 4.70 Å². The fourth-order valence-corrected chi connectivity index (χ4v) is 0. The van der Waals surface area contributed by atoms with Crippen LogP contribution in [0.25, 0.3) is 0 Å². The first-order valence-corrected chi connectivity index (χ1v) is 0. The minimum absolute atomic E-state index is 0. The fraction of sp³-hybridized carbons (Fsp3) is 0. The van der Waals surface area contributed by atoms with Gasteiger partial charge in [0.2, 0.25) is 0 Å². The van der Waals surface area contributed by atoms with Gasteiger partial charge in [0.25, 0.3) is 0 Å². The summed E-state index contributed by atoms with van der Waals surface area (Å²) in [6, 6.07) is 0. The first-order valence-electron chi connectivity index (χ1n) is 0. The van der Waals surface area contributed by atoms with Crippen LogP contribution in [0.2, 0.25) is 0 Å². The molecule has 0 saturated heterocycles. The van der Waals surface area contributed by atoms with Gasteiger partial charge in [-0.25, -0.2) is 0 Å². The molecule has 0 aliphatic rings. The molecule has 3 N–H and O–H groups in total. The molecule has 1 nitrogen and oxygen atoms in total. The summed E-state index contributed by atoms with van der Waals surface area (Å²) in [4.78, 5) is 0. The van der Waals surface area contributed by atoms with Crippen LogP contribution in [0.3, 0.4) is 0 Å². The van der Waals surface area contributed by atoms with Gasteiger partial charge >= 0.3 is 18.9 Å². The van der Waals surface area contributed by atoms with Crippen molar-refractivity contribution in [1.82, 2.24) is 6.15 Å². The van der Waals surface area contributed by atoms with E-state index in [0.717, 1.165) is 0 Å². The van der Waals surface area contributed by atoms with Crippen molar-refractivity contribution in [1.29, 1.82) is 0 Å². The number of rotatable bonds is 0. The molecule has 0 atom stereocenters. The molecule has 0 bridgehead atoms. The van der Waals surface area contributed by atoms with Gasteiger partial charge in [0.05, 0.1) is 0 Å². The van der Waals surface area contributed by atoms with Gasteiger partial charge in [-0.2, -0.15) is 0 Å². The van der Waals surface area contributed by atoms with Crippen LogP contribution in [0.1, 0.15) is 0 Å². The summed E-state index contributed by atoms with van der Waals surface area (Å²) in [6.07, 6.45) is 0. The normalized spacial score (nSPS) is 0. The van der Waals surface area contributed by atoms with E-state index in [1.165, 1.54) is 0 Å². The quantitative estimate of drug-likeness (QED) is 0.349. The van der Waals surface area contributed by atoms with Gasteiger partial charge in [-0.3, -0.25) is 4.70 Å². The van der Waals surface area contributed by atoms with Gasteiger partial charge in [-0.1, -0.05) is 0 Å². The minimum atomic E-state index is 0. The summed E-state index contributed by atoms with van der Waals surface area (Å²) in [5.41, 5.74) is 0. The van der Waals surface area contributed by atoms with Crippen molar-refractivity contribution in [3.05, 3.63) is 0 Å². The van der Waals surface area contributed by atoms with E-state index in [2.05, 4.69) is 0 Å². The second kappa shape index (κ2) is 35.2. The zero-order valence-corrected chi connectivity index (χ0v) is 1.12. The molecule has 4 heavy (non-hydrogen) atoms. The molecule has 0 heterocycles. The van der Waals surface area contributed by atoms with E-state index in [1.54, 1.807) is 0 Å². The van der Waals surface area contributed by atoms with Crippen LogP contribution in [0.4, 0.5) is 4.70 Å². The summed E-state index contributed by atoms with van der Waals surface area (Å²) in [7, 11) is 0. The number of halogens is 1. The standard InChI is InChI=1S/Al.FH.Li.H3N.4H/h;1H;;1H3;;;;. The Morgan fingerprint density at radius 1 is 1.00 bits per heavy atom. The Bertz CT molecular complexity index is 8.00.